The molecule has 0 saturated carbocycles. The Morgan fingerprint density at radius 2 is 1.47 bits per heavy atom. The number of aliphatic hydroxyl groups excluding tert-OH is 5. The van der Waals surface area contributed by atoms with Crippen molar-refractivity contribution < 1.29 is 30.3 Å². The van der Waals surface area contributed by atoms with Crippen molar-refractivity contribution in [1.82, 2.24) is 5.32 Å². The molecule has 1 amide bonds. The molecule has 6 N–H and O–H groups in total. The smallest absolute Gasteiger partial charge is 0.216 e. The summed E-state index contributed by atoms with van der Waals surface area (Å²) in [6.07, 6.45) is -6.25. The quantitative estimate of drug-likeness (QED) is 0.312. The van der Waals surface area contributed by atoms with E-state index in [4.69, 9.17) is 10.2 Å². The van der Waals surface area contributed by atoms with Gasteiger partial charge in [0.15, 0.2) is 0 Å². The molecule has 0 spiro atoms. The van der Waals surface area contributed by atoms with Crippen LogP contribution in [-0.4, -0.2) is 69.0 Å². The predicted molar refractivity (Wildman–Crippen MR) is 61.1 cm³/mol. The second kappa shape index (κ2) is 10.4. The normalized spacial score (nSPS) is 17.2. The number of hydrogen-bond acceptors (Lipinski definition) is 6. The third-order valence-corrected chi connectivity index (χ3v) is 1.89. The van der Waals surface area contributed by atoms with E-state index in [1.54, 1.807) is 0 Å². The highest BCUT2D eigenvalue weighted by molar-refractivity contribution is 5.72. The molecule has 0 saturated heterocycles. The van der Waals surface area contributed by atoms with E-state index in [0.717, 1.165) is 0 Å². The molecule has 7 nitrogen and oxygen atoms in total. The minimum Gasteiger partial charge on any atom is -0.394 e. The van der Waals surface area contributed by atoms with Gasteiger partial charge in [-0.1, -0.05) is 13.8 Å². The fourth-order valence-corrected chi connectivity index (χ4v) is 0.932. The summed E-state index contributed by atoms with van der Waals surface area (Å²) in [6, 6.07) is 0. The minimum absolute atomic E-state index is 0.244. The van der Waals surface area contributed by atoms with E-state index in [0.29, 0.717) is 0 Å². The van der Waals surface area contributed by atoms with E-state index in [2.05, 4.69) is 5.32 Å². The maximum absolute atomic E-state index is 10.5. The number of carbonyl (C=O) groups is 1. The second-order valence-electron chi connectivity index (χ2n) is 3.24. The molecular formula is C10H23NO6. The molecular weight excluding hydrogens is 230 g/mol. The Hall–Kier alpha value is -0.730. The number of nitrogens with one attached hydrogen (secondary N) is 1. The summed E-state index contributed by atoms with van der Waals surface area (Å²) in [5.41, 5.74) is 0. The van der Waals surface area contributed by atoms with Crippen LogP contribution in [0.5, 0.6) is 0 Å². The number of carbonyl (C=O) groups excluding carboxylic acids is 1. The molecule has 4 atom stereocenters. The monoisotopic (exact) mass is 253 g/mol. The molecule has 0 aromatic carbocycles. The first-order chi connectivity index (χ1) is 7.90. The zero-order chi connectivity index (χ0) is 14.0. The molecule has 0 aromatic rings. The fraction of sp³-hybridized carbons (Fsp3) is 0.900. The summed E-state index contributed by atoms with van der Waals surface area (Å²) in [6.45, 7) is 4.26. The van der Waals surface area contributed by atoms with E-state index < -0.39 is 36.9 Å². The third kappa shape index (κ3) is 8.06. The van der Waals surface area contributed by atoms with Gasteiger partial charge in [0.05, 0.1) is 12.7 Å². The van der Waals surface area contributed by atoms with Crippen molar-refractivity contribution in [3.05, 3.63) is 0 Å². The highest BCUT2D eigenvalue weighted by Gasteiger charge is 2.29. The molecule has 0 fully saturated rings. The first-order valence-electron chi connectivity index (χ1n) is 5.47. The predicted octanol–water partition coefficient (Wildman–Crippen LogP) is -2.42. The van der Waals surface area contributed by atoms with E-state index in [1.807, 2.05) is 13.8 Å². The highest BCUT2D eigenvalue weighted by Crippen LogP contribution is 2.04. The standard InChI is InChI=1S/C8H17NO6.C2H6/c1-4(11)9-2-5(12)7(14)8(15)6(13)3-10;1-2/h5-8,10,12-15H,2-3H2,1H3,(H,9,11);1-2H3. The number of hydrogen-bond donors (Lipinski definition) is 6. The minimum atomic E-state index is -1.67. The van der Waals surface area contributed by atoms with Crippen molar-refractivity contribution in [2.45, 2.75) is 45.2 Å². The van der Waals surface area contributed by atoms with Gasteiger partial charge >= 0.3 is 0 Å². The maximum atomic E-state index is 10.5. The Bertz CT molecular complexity index is 201. The Morgan fingerprint density at radius 3 is 1.82 bits per heavy atom. The van der Waals surface area contributed by atoms with Gasteiger partial charge in [0.2, 0.25) is 5.91 Å². The van der Waals surface area contributed by atoms with E-state index >= 15 is 0 Å². The summed E-state index contributed by atoms with van der Waals surface area (Å²) < 4.78 is 0. The second-order valence-corrected chi connectivity index (χ2v) is 3.24. The van der Waals surface area contributed by atoms with Crippen molar-refractivity contribution in [3.8, 4) is 0 Å². The zero-order valence-corrected chi connectivity index (χ0v) is 10.4. The SMILES string of the molecule is CC.CC(=O)NCC(O)C(O)C(O)C(O)CO. The Morgan fingerprint density at radius 1 is 1.06 bits per heavy atom. The first kappa shape index (κ1) is 18.6. The van der Waals surface area contributed by atoms with Gasteiger partial charge in [0, 0.05) is 13.5 Å². The first-order valence-corrected chi connectivity index (χ1v) is 5.47. The van der Waals surface area contributed by atoms with Crippen molar-refractivity contribution in [2.24, 2.45) is 0 Å². The lowest BCUT2D eigenvalue weighted by Crippen LogP contribution is -2.49. The van der Waals surface area contributed by atoms with Gasteiger partial charge in [0.25, 0.3) is 0 Å². The van der Waals surface area contributed by atoms with Crippen LogP contribution >= 0.6 is 0 Å². The molecule has 0 aromatic heterocycles. The third-order valence-electron chi connectivity index (χ3n) is 1.89. The Kier molecular flexibility index (Phi) is 11.4. The topological polar surface area (TPSA) is 130 Å². The fourth-order valence-electron chi connectivity index (χ4n) is 0.932. The number of amides is 1. The van der Waals surface area contributed by atoms with Gasteiger partial charge in [-0.15, -0.1) is 0 Å². The van der Waals surface area contributed by atoms with Crippen molar-refractivity contribution in [2.75, 3.05) is 13.2 Å². The molecule has 0 bridgehead atoms. The molecule has 17 heavy (non-hydrogen) atoms. The van der Waals surface area contributed by atoms with Gasteiger partial charge in [0.1, 0.15) is 18.3 Å². The lowest BCUT2D eigenvalue weighted by atomic mass is 10.0. The highest BCUT2D eigenvalue weighted by atomic mass is 16.4. The van der Waals surface area contributed by atoms with Crippen LogP contribution in [0.15, 0.2) is 0 Å². The van der Waals surface area contributed by atoms with Gasteiger partial charge in [-0.25, -0.2) is 0 Å². The lowest BCUT2D eigenvalue weighted by molar-refractivity contribution is -0.124. The Balaban J connectivity index is 0. The van der Waals surface area contributed by atoms with Crippen molar-refractivity contribution in [1.29, 1.82) is 0 Å². The van der Waals surface area contributed by atoms with Crippen LogP contribution in [0, 0.1) is 0 Å². The molecule has 104 valence electrons. The summed E-state index contributed by atoms with van der Waals surface area (Å²) in [7, 11) is 0. The van der Waals surface area contributed by atoms with E-state index in [1.165, 1.54) is 6.92 Å². The van der Waals surface area contributed by atoms with Crippen LogP contribution < -0.4 is 5.32 Å². The van der Waals surface area contributed by atoms with Crippen LogP contribution in [0.2, 0.25) is 0 Å². The summed E-state index contributed by atoms with van der Waals surface area (Å²) >= 11 is 0. The van der Waals surface area contributed by atoms with Gasteiger partial charge in [-0.2, -0.15) is 0 Å². The molecule has 0 radical (unpaired) electrons. The van der Waals surface area contributed by atoms with Gasteiger partial charge < -0.3 is 30.8 Å². The molecule has 0 heterocycles. The summed E-state index contributed by atoms with van der Waals surface area (Å²) in [5.74, 6) is -0.390. The van der Waals surface area contributed by atoms with Crippen LogP contribution in [0.1, 0.15) is 20.8 Å². The van der Waals surface area contributed by atoms with Crippen LogP contribution in [0.3, 0.4) is 0 Å². The van der Waals surface area contributed by atoms with Crippen molar-refractivity contribution in [3.63, 3.8) is 0 Å². The summed E-state index contributed by atoms with van der Waals surface area (Å²) in [4.78, 5) is 10.5. The molecule has 4 unspecified atom stereocenters. The van der Waals surface area contributed by atoms with Crippen molar-refractivity contribution >= 4 is 5.91 Å². The average molecular weight is 253 g/mol. The molecule has 0 rings (SSSR count). The molecule has 7 heteroatoms. The van der Waals surface area contributed by atoms with Crippen LogP contribution in [0.25, 0.3) is 0 Å². The molecule has 0 aliphatic carbocycles. The Labute approximate surface area is 101 Å². The zero-order valence-electron chi connectivity index (χ0n) is 10.4. The largest absolute Gasteiger partial charge is 0.394 e. The van der Waals surface area contributed by atoms with Gasteiger partial charge in [-0.05, 0) is 0 Å². The van der Waals surface area contributed by atoms with Crippen LogP contribution in [0.4, 0.5) is 0 Å². The summed E-state index contributed by atoms with van der Waals surface area (Å²) in [5, 5.41) is 47.4. The van der Waals surface area contributed by atoms with Gasteiger partial charge in [-0.3, -0.25) is 4.79 Å². The molecule has 0 aliphatic heterocycles. The maximum Gasteiger partial charge on any atom is 0.216 e. The molecule has 0 aliphatic rings. The van der Waals surface area contributed by atoms with Crippen LogP contribution in [-0.2, 0) is 4.79 Å². The van der Waals surface area contributed by atoms with E-state index in [-0.39, 0.29) is 6.54 Å². The number of aliphatic hydroxyl groups is 5. The van der Waals surface area contributed by atoms with E-state index in [9.17, 15) is 20.1 Å². The number of rotatable bonds is 6. The average Bonchev–Trinajstić information content (AvgIpc) is 2.35. The lowest BCUT2D eigenvalue weighted by Gasteiger charge is -2.25.